The van der Waals surface area contributed by atoms with Crippen molar-refractivity contribution in [2.45, 2.75) is 19.9 Å². The molecule has 0 fully saturated rings. The molecule has 0 aliphatic heterocycles. The minimum absolute atomic E-state index is 0.227. The zero-order valence-electron chi connectivity index (χ0n) is 9.84. The standard InChI is InChI=1S/C12H17BrClN3/c1-2-17(6-5-12(15)16)8-9-3-4-10(13)7-11(9)14/h3-4,7H,2,5-6,8H2,1H3,(H3,15,16). The number of benzene rings is 1. The fraction of sp³-hybridized carbons (Fsp3) is 0.417. The van der Waals surface area contributed by atoms with Gasteiger partial charge in [-0.05, 0) is 24.2 Å². The number of halogens is 2. The molecule has 17 heavy (non-hydrogen) atoms. The van der Waals surface area contributed by atoms with E-state index in [4.69, 9.17) is 22.7 Å². The summed E-state index contributed by atoms with van der Waals surface area (Å²) in [6.45, 7) is 4.58. The van der Waals surface area contributed by atoms with Crippen LogP contribution in [0, 0.1) is 5.41 Å². The highest BCUT2D eigenvalue weighted by molar-refractivity contribution is 9.10. The smallest absolute Gasteiger partial charge is 0.0918 e. The molecule has 0 atom stereocenters. The van der Waals surface area contributed by atoms with Gasteiger partial charge < -0.3 is 5.73 Å². The highest BCUT2D eigenvalue weighted by Gasteiger charge is 2.07. The van der Waals surface area contributed by atoms with Crippen molar-refractivity contribution in [2.24, 2.45) is 5.73 Å². The molecule has 0 radical (unpaired) electrons. The second-order valence-corrected chi connectivity index (χ2v) is 5.20. The molecule has 94 valence electrons. The molecule has 0 bridgehead atoms. The van der Waals surface area contributed by atoms with E-state index in [0.29, 0.717) is 6.42 Å². The fourth-order valence-electron chi connectivity index (χ4n) is 1.52. The van der Waals surface area contributed by atoms with Gasteiger partial charge in [0.25, 0.3) is 0 Å². The molecule has 0 heterocycles. The number of nitrogens with one attached hydrogen (secondary N) is 1. The highest BCUT2D eigenvalue weighted by atomic mass is 79.9. The van der Waals surface area contributed by atoms with Crippen LogP contribution in [0.3, 0.4) is 0 Å². The molecule has 5 heteroatoms. The van der Waals surface area contributed by atoms with Crippen molar-refractivity contribution < 1.29 is 0 Å². The SMILES string of the molecule is CCN(CCC(=N)N)Cc1ccc(Br)cc1Cl. The molecule has 0 unspecified atom stereocenters. The average Bonchev–Trinajstić information content (AvgIpc) is 2.26. The van der Waals surface area contributed by atoms with Gasteiger partial charge in [-0.2, -0.15) is 0 Å². The quantitative estimate of drug-likeness (QED) is 0.625. The number of amidine groups is 1. The Morgan fingerprint density at radius 3 is 2.76 bits per heavy atom. The molecule has 3 N–H and O–H groups in total. The number of hydrogen-bond donors (Lipinski definition) is 2. The van der Waals surface area contributed by atoms with E-state index in [1.807, 2.05) is 18.2 Å². The molecule has 0 aromatic heterocycles. The summed E-state index contributed by atoms with van der Waals surface area (Å²) in [6, 6.07) is 5.90. The summed E-state index contributed by atoms with van der Waals surface area (Å²) >= 11 is 9.56. The van der Waals surface area contributed by atoms with Crippen molar-refractivity contribution in [1.29, 1.82) is 5.41 Å². The second-order valence-electron chi connectivity index (χ2n) is 3.88. The Labute approximate surface area is 116 Å². The Morgan fingerprint density at radius 1 is 1.53 bits per heavy atom. The first kappa shape index (κ1) is 14.5. The first-order valence-electron chi connectivity index (χ1n) is 5.52. The third-order valence-corrected chi connectivity index (χ3v) is 3.40. The van der Waals surface area contributed by atoms with Crippen molar-refractivity contribution >= 4 is 33.4 Å². The summed E-state index contributed by atoms with van der Waals surface area (Å²) in [4.78, 5) is 2.22. The third-order valence-electron chi connectivity index (χ3n) is 2.55. The lowest BCUT2D eigenvalue weighted by molar-refractivity contribution is 0.288. The van der Waals surface area contributed by atoms with Crippen LogP contribution >= 0.6 is 27.5 Å². The topological polar surface area (TPSA) is 53.1 Å². The van der Waals surface area contributed by atoms with Crippen molar-refractivity contribution in [2.75, 3.05) is 13.1 Å². The van der Waals surface area contributed by atoms with Gasteiger partial charge in [-0.1, -0.05) is 40.5 Å². The van der Waals surface area contributed by atoms with E-state index in [2.05, 4.69) is 27.8 Å². The molecule has 0 saturated carbocycles. The molecule has 0 spiro atoms. The molecule has 1 aromatic carbocycles. The number of rotatable bonds is 6. The van der Waals surface area contributed by atoms with Crippen LogP contribution in [-0.2, 0) is 6.54 Å². The van der Waals surface area contributed by atoms with Gasteiger partial charge in [-0.25, -0.2) is 0 Å². The van der Waals surface area contributed by atoms with E-state index in [9.17, 15) is 0 Å². The van der Waals surface area contributed by atoms with Crippen LogP contribution < -0.4 is 5.73 Å². The van der Waals surface area contributed by atoms with E-state index in [1.165, 1.54) is 0 Å². The van der Waals surface area contributed by atoms with Gasteiger partial charge in [0, 0.05) is 29.0 Å². The van der Waals surface area contributed by atoms with Gasteiger partial charge in [0.2, 0.25) is 0 Å². The van der Waals surface area contributed by atoms with Crippen LogP contribution in [-0.4, -0.2) is 23.8 Å². The van der Waals surface area contributed by atoms with Crippen LogP contribution in [0.1, 0.15) is 18.9 Å². The predicted molar refractivity (Wildman–Crippen MR) is 76.6 cm³/mol. The Balaban J connectivity index is 2.63. The molecule has 3 nitrogen and oxygen atoms in total. The summed E-state index contributed by atoms with van der Waals surface area (Å²) in [5.41, 5.74) is 6.46. The number of nitrogens with two attached hydrogens (primary N) is 1. The number of hydrogen-bond acceptors (Lipinski definition) is 2. The lowest BCUT2D eigenvalue weighted by Gasteiger charge is -2.20. The van der Waals surface area contributed by atoms with Crippen LogP contribution in [0.5, 0.6) is 0 Å². The molecule has 1 rings (SSSR count). The van der Waals surface area contributed by atoms with Gasteiger partial charge in [0.05, 0.1) is 5.84 Å². The molecular weight excluding hydrogens is 302 g/mol. The highest BCUT2D eigenvalue weighted by Crippen LogP contribution is 2.22. The zero-order valence-corrected chi connectivity index (χ0v) is 12.2. The third kappa shape index (κ3) is 5.06. The average molecular weight is 319 g/mol. The normalized spacial score (nSPS) is 10.8. The maximum atomic E-state index is 7.23. The van der Waals surface area contributed by atoms with E-state index in [-0.39, 0.29) is 5.84 Å². The van der Waals surface area contributed by atoms with Crippen LogP contribution in [0.25, 0.3) is 0 Å². The fourth-order valence-corrected chi connectivity index (χ4v) is 2.25. The van der Waals surface area contributed by atoms with Gasteiger partial charge in [0.1, 0.15) is 0 Å². The molecule has 0 saturated heterocycles. The van der Waals surface area contributed by atoms with E-state index in [0.717, 1.165) is 34.7 Å². The van der Waals surface area contributed by atoms with Crippen LogP contribution in [0.4, 0.5) is 0 Å². The Morgan fingerprint density at radius 2 is 2.24 bits per heavy atom. The zero-order chi connectivity index (χ0) is 12.8. The Hall–Kier alpha value is -0.580. The van der Waals surface area contributed by atoms with E-state index >= 15 is 0 Å². The van der Waals surface area contributed by atoms with Crippen molar-refractivity contribution in [3.05, 3.63) is 33.3 Å². The summed E-state index contributed by atoms with van der Waals surface area (Å²) in [5.74, 6) is 0.227. The molecular formula is C12H17BrClN3. The van der Waals surface area contributed by atoms with Crippen LogP contribution in [0.2, 0.25) is 5.02 Å². The molecule has 0 aliphatic rings. The van der Waals surface area contributed by atoms with Gasteiger partial charge in [-0.15, -0.1) is 0 Å². The lowest BCUT2D eigenvalue weighted by Crippen LogP contribution is -2.27. The lowest BCUT2D eigenvalue weighted by atomic mass is 10.2. The van der Waals surface area contributed by atoms with Crippen molar-refractivity contribution in [3.63, 3.8) is 0 Å². The molecule has 0 amide bonds. The number of nitrogens with zero attached hydrogens (tertiary/aromatic N) is 1. The van der Waals surface area contributed by atoms with Gasteiger partial charge >= 0.3 is 0 Å². The summed E-state index contributed by atoms with van der Waals surface area (Å²) in [5, 5.41) is 8.00. The van der Waals surface area contributed by atoms with Gasteiger partial charge in [-0.3, -0.25) is 10.3 Å². The maximum Gasteiger partial charge on any atom is 0.0918 e. The summed E-state index contributed by atoms with van der Waals surface area (Å²) in [7, 11) is 0. The summed E-state index contributed by atoms with van der Waals surface area (Å²) in [6.07, 6.45) is 0.599. The molecule has 0 aliphatic carbocycles. The predicted octanol–water partition coefficient (Wildman–Crippen LogP) is 3.25. The Kier molecular flexibility index (Phi) is 5.95. The monoisotopic (exact) mass is 317 g/mol. The minimum atomic E-state index is 0.227. The van der Waals surface area contributed by atoms with Crippen LogP contribution in [0.15, 0.2) is 22.7 Å². The largest absolute Gasteiger partial charge is 0.388 e. The van der Waals surface area contributed by atoms with Gasteiger partial charge in [0.15, 0.2) is 0 Å². The Bertz CT molecular complexity index is 395. The van der Waals surface area contributed by atoms with Crippen molar-refractivity contribution in [1.82, 2.24) is 4.90 Å². The minimum Gasteiger partial charge on any atom is -0.388 e. The van der Waals surface area contributed by atoms with E-state index < -0.39 is 0 Å². The second kappa shape index (κ2) is 6.99. The maximum absolute atomic E-state index is 7.23. The summed E-state index contributed by atoms with van der Waals surface area (Å²) < 4.78 is 0.984. The first-order chi connectivity index (χ1) is 8.02. The first-order valence-corrected chi connectivity index (χ1v) is 6.69. The molecule has 1 aromatic rings. The van der Waals surface area contributed by atoms with Crippen molar-refractivity contribution in [3.8, 4) is 0 Å². The van der Waals surface area contributed by atoms with E-state index in [1.54, 1.807) is 0 Å².